The van der Waals surface area contributed by atoms with Crippen LogP contribution in [0.4, 0.5) is 0 Å². The summed E-state index contributed by atoms with van der Waals surface area (Å²) in [6.07, 6.45) is 2.86. The number of hydrogen-bond donors (Lipinski definition) is 0. The Hall–Kier alpha value is -0.570. The van der Waals surface area contributed by atoms with Crippen molar-refractivity contribution in [2.24, 2.45) is 5.92 Å². The van der Waals surface area contributed by atoms with Crippen molar-refractivity contribution in [1.29, 1.82) is 0 Å². The largest absolute Gasteiger partial charge is 0.241 e. The predicted molar refractivity (Wildman–Crippen MR) is 72.0 cm³/mol. The van der Waals surface area contributed by atoms with E-state index in [4.69, 9.17) is 0 Å². The van der Waals surface area contributed by atoms with Gasteiger partial charge < -0.3 is 0 Å². The van der Waals surface area contributed by atoms with E-state index < -0.39 is 0 Å². The van der Waals surface area contributed by atoms with Crippen LogP contribution in [0.2, 0.25) is 0 Å². The van der Waals surface area contributed by atoms with E-state index in [0.717, 1.165) is 29.6 Å². The Morgan fingerprint density at radius 3 is 2.62 bits per heavy atom. The average Bonchev–Trinajstić information content (AvgIpc) is 2.24. The lowest BCUT2D eigenvalue weighted by molar-refractivity contribution is 0.749. The molecule has 0 bridgehead atoms. The Kier molecular flexibility index (Phi) is 5.81. The number of thioether (sulfide) groups is 1. The standard InChI is InChI=1S/C13H22N2S/c1-10(2)9-16-8-6-13-14-7-5-12(15-13)11(3)4/h5,7,10-11H,6,8-9H2,1-4H3. The number of hydrogen-bond acceptors (Lipinski definition) is 3. The van der Waals surface area contributed by atoms with Crippen molar-refractivity contribution >= 4 is 11.8 Å². The Balaban J connectivity index is 2.39. The van der Waals surface area contributed by atoms with E-state index in [1.54, 1.807) is 0 Å². The quantitative estimate of drug-likeness (QED) is 0.709. The molecule has 0 aliphatic carbocycles. The summed E-state index contributed by atoms with van der Waals surface area (Å²) in [7, 11) is 0. The summed E-state index contributed by atoms with van der Waals surface area (Å²) in [4.78, 5) is 8.88. The maximum Gasteiger partial charge on any atom is 0.129 e. The molecule has 0 atom stereocenters. The van der Waals surface area contributed by atoms with Crippen molar-refractivity contribution in [1.82, 2.24) is 9.97 Å². The van der Waals surface area contributed by atoms with E-state index in [-0.39, 0.29) is 0 Å². The van der Waals surface area contributed by atoms with E-state index in [2.05, 4.69) is 37.7 Å². The first kappa shape index (κ1) is 13.5. The number of rotatable bonds is 6. The lowest BCUT2D eigenvalue weighted by Gasteiger charge is -2.07. The molecule has 0 aliphatic heterocycles. The van der Waals surface area contributed by atoms with Crippen LogP contribution in [0.15, 0.2) is 12.3 Å². The summed E-state index contributed by atoms with van der Waals surface area (Å²) in [6.45, 7) is 8.84. The van der Waals surface area contributed by atoms with Crippen LogP contribution in [0.1, 0.15) is 45.1 Å². The van der Waals surface area contributed by atoms with Gasteiger partial charge in [0.2, 0.25) is 0 Å². The van der Waals surface area contributed by atoms with E-state index >= 15 is 0 Å². The van der Waals surface area contributed by atoms with Crippen molar-refractivity contribution in [3.05, 3.63) is 23.8 Å². The van der Waals surface area contributed by atoms with Gasteiger partial charge in [-0.1, -0.05) is 27.7 Å². The zero-order valence-electron chi connectivity index (χ0n) is 10.7. The Morgan fingerprint density at radius 1 is 1.25 bits per heavy atom. The van der Waals surface area contributed by atoms with Gasteiger partial charge in [0.05, 0.1) is 0 Å². The SMILES string of the molecule is CC(C)CSCCc1nccc(C(C)C)n1. The molecular weight excluding hydrogens is 216 g/mol. The Labute approximate surface area is 103 Å². The molecule has 1 rings (SSSR count). The van der Waals surface area contributed by atoms with Crippen LogP contribution in [-0.2, 0) is 6.42 Å². The molecule has 0 unspecified atom stereocenters. The normalized spacial score (nSPS) is 11.4. The van der Waals surface area contributed by atoms with Crippen LogP contribution in [0.5, 0.6) is 0 Å². The number of aromatic nitrogens is 2. The van der Waals surface area contributed by atoms with Crippen molar-refractivity contribution in [2.45, 2.75) is 40.0 Å². The first-order valence-electron chi connectivity index (χ1n) is 5.99. The maximum atomic E-state index is 4.56. The Bertz CT molecular complexity index is 311. The summed E-state index contributed by atoms with van der Waals surface area (Å²) < 4.78 is 0. The van der Waals surface area contributed by atoms with E-state index in [9.17, 15) is 0 Å². The smallest absolute Gasteiger partial charge is 0.129 e. The molecule has 90 valence electrons. The van der Waals surface area contributed by atoms with Gasteiger partial charge >= 0.3 is 0 Å². The third-order valence-electron chi connectivity index (χ3n) is 2.24. The molecule has 1 aromatic heterocycles. The third kappa shape index (κ3) is 4.97. The second kappa shape index (κ2) is 6.89. The van der Waals surface area contributed by atoms with Crippen LogP contribution < -0.4 is 0 Å². The van der Waals surface area contributed by atoms with Crippen LogP contribution in [0, 0.1) is 5.92 Å². The lowest BCUT2D eigenvalue weighted by atomic mass is 10.1. The summed E-state index contributed by atoms with van der Waals surface area (Å²) >= 11 is 1.99. The highest BCUT2D eigenvalue weighted by Crippen LogP contribution is 2.12. The van der Waals surface area contributed by atoms with Crippen LogP contribution in [0.25, 0.3) is 0 Å². The molecule has 1 aromatic rings. The lowest BCUT2D eigenvalue weighted by Crippen LogP contribution is -2.02. The fourth-order valence-corrected chi connectivity index (χ4v) is 2.30. The second-order valence-corrected chi connectivity index (χ2v) is 5.92. The van der Waals surface area contributed by atoms with Crippen molar-refractivity contribution in [3.8, 4) is 0 Å². The minimum atomic E-state index is 0.491. The highest BCUT2D eigenvalue weighted by molar-refractivity contribution is 7.99. The zero-order valence-corrected chi connectivity index (χ0v) is 11.5. The van der Waals surface area contributed by atoms with E-state index in [1.165, 1.54) is 5.75 Å². The molecule has 0 aromatic carbocycles. The molecule has 0 radical (unpaired) electrons. The molecule has 0 saturated carbocycles. The molecular formula is C13H22N2S. The van der Waals surface area contributed by atoms with Gasteiger partial charge in [0.1, 0.15) is 5.82 Å². The molecule has 3 heteroatoms. The van der Waals surface area contributed by atoms with Gasteiger partial charge in [0.25, 0.3) is 0 Å². The summed E-state index contributed by atoms with van der Waals surface area (Å²) in [5.41, 5.74) is 1.15. The van der Waals surface area contributed by atoms with Gasteiger partial charge in [-0.3, -0.25) is 0 Å². The van der Waals surface area contributed by atoms with Gasteiger partial charge in [0, 0.05) is 24.1 Å². The minimum Gasteiger partial charge on any atom is -0.241 e. The number of aryl methyl sites for hydroxylation is 1. The van der Waals surface area contributed by atoms with Gasteiger partial charge in [-0.05, 0) is 23.7 Å². The highest BCUT2D eigenvalue weighted by Gasteiger charge is 2.03. The molecule has 2 nitrogen and oxygen atoms in total. The van der Waals surface area contributed by atoms with Crippen LogP contribution in [-0.4, -0.2) is 21.5 Å². The zero-order chi connectivity index (χ0) is 12.0. The number of nitrogens with zero attached hydrogens (tertiary/aromatic N) is 2. The summed E-state index contributed by atoms with van der Waals surface area (Å²) in [5.74, 6) is 4.60. The Morgan fingerprint density at radius 2 is 2.00 bits per heavy atom. The topological polar surface area (TPSA) is 25.8 Å². The monoisotopic (exact) mass is 238 g/mol. The third-order valence-corrected chi connectivity index (χ3v) is 3.63. The molecule has 0 fully saturated rings. The molecule has 0 saturated heterocycles. The van der Waals surface area contributed by atoms with Crippen molar-refractivity contribution in [2.75, 3.05) is 11.5 Å². The van der Waals surface area contributed by atoms with Crippen molar-refractivity contribution in [3.63, 3.8) is 0 Å². The predicted octanol–water partition coefficient (Wildman–Crippen LogP) is 3.53. The van der Waals surface area contributed by atoms with Crippen molar-refractivity contribution < 1.29 is 0 Å². The minimum absolute atomic E-state index is 0.491. The second-order valence-electron chi connectivity index (χ2n) is 4.77. The molecule has 1 heterocycles. The average molecular weight is 238 g/mol. The van der Waals surface area contributed by atoms with Crippen LogP contribution >= 0.6 is 11.8 Å². The molecule has 16 heavy (non-hydrogen) atoms. The molecule has 0 N–H and O–H groups in total. The fourth-order valence-electron chi connectivity index (χ4n) is 1.34. The summed E-state index contributed by atoms with van der Waals surface area (Å²) in [6, 6.07) is 2.01. The molecule has 0 spiro atoms. The molecule has 0 amide bonds. The first-order chi connectivity index (χ1) is 7.59. The van der Waals surface area contributed by atoms with E-state index in [1.807, 2.05) is 24.0 Å². The first-order valence-corrected chi connectivity index (χ1v) is 7.14. The van der Waals surface area contributed by atoms with Gasteiger partial charge in [-0.25, -0.2) is 9.97 Å². The van der Waals surface area contributed by atoms with Gasteiger partial charge in [-0.2, -0.15) is 11.8 Å². The fraction of sp³-hybridized carbons (Fsp3) is 0.692. The highest BCUT2D eigenvalue weighted by atomic mass is 32.2. The van der Waals surface area contributed by atoms with Gasteiger partial charge in [0.15, 0.2) is 0 Å². The molecule has 0 aliphatic rings. The van der Waals surface area contributed by atoms with E-state index in [0.29, 0.717) is 5.92 Å². The summed E-state index contributed by atoms with van der Waals surface area (Å²) in [5, 5.41) is 0. The maximum absolute atomic E-state index is 4.56. The van der Waals surface area contributed by atoms with Gasteiger partial charge in [-0.15, -0.1) is 0 Å². The van der Waals surface area contributed by atoms with Crippen LogP contribution in [0.3, 0.4) is 0 Å².